The van der Waals surface area contributed by atoms with E-state index in [2.05, 4.69) is 22.4 Å². The molecular weight excluding hydrogens is 246 g/mol. The second-order valence-electron chi connectivity index (χ2n) is 5.04. The molecule has 1 aromatic heterocycles. The van der Waals surface area contributed by atoms with Crippen molar-refractivity contribution >= 4 is 11.5 Å². The SMILES string of the molecule is CCc1nn(C)c(NCC2CCCN2C)c1[N+](=O)[O-]. The Balaban J connectivity index is 2.15. The molecule has 0 bridgehead atoms. The summed E-state index contributed by atoms with van der Waals surface area (Å²) in [5.41, 5.74) is 0.653. The summed E-state index contributed by atoms with van der Waals surface area (Å²) >= 11 is 0. The van der Waals surface area contributed by atoms with Crippen LogP contribution in [-0.2, 0) is 13.5 Å². The predicted molar refractivity (Wildman–Crippen MR) is 73.4 cm³/mol. The van der Waals surface area contributed by atoms with Gasteiger partial charge in [-0.15, -0.1) is 0 Å². The predicted octanol–water partition coefficient (Wildman–Crippen LogP) is 1.40. The minimum Gasteiger partial charge on any atom is -0.363 e. The Labute approximate surface area is 112 Å². The molecule has 1 aliphatic heterocycles. The summed E-state index contributed by atoms with van der Waals surface area (Å²) in [7, 11) is 3.83. The molecule has 2 rings (SSSR count). The van der Waals surface area contributed by atoms with E-state index in [1.54, 1.807) is 11.7 Å². The maximum Gasteiger partial charge on any atom is 0.333 e. The number of hydrogen-bond donors (Lipinski definition) is 1. The fourth-order valence-electron chi connectivity index (χ4n) is 2.65. The lowest BCUT2D eigenvalue weighted by Crippen LogP contribution is -2.32. The molecule has 19 heavy (non-hydrogen) atoms. The lowest BCUT2D eigenvalue weighted by atomic mass is 10.2. The minimum absolute atomic E-state index is 0.116. The molecule has 1 aliphatic rings. The van der Waals surface area contributed by atoms with Crippen LogP contribution in [0.4, 0.5) is 11.5 Å². The summed E-state index contributed by atoms with van der Waals surface area (Å²) in [4.78, 5) is 13.1. The Kier molecular flexibility index (Phi) is 4.04. The van der Waals surface area contributed by atoms with Gasteiger partial charge in [-0.1, -0.05) is 6.92 Å². The first-order valence-electron chi connectivity index (χ1n) is 6.69. The van der Waals surface area contributed by atoms with Crippen molar-refractivity contribution in [2.45, 2.75) is 32.2 Å². The number of nitrogens with zero attached hydrogens (tertiary/aromatic N) is 4. The van der Waals surface area contributed by atoms with Gasteiger partial charge in [0.25, 0.3) is 0 Å². The molecule has 1 saturated heterocycles. The Morgan fingerprint density at radius 2 is 2.26 bits per heavy atom. The summed E-state index contributed by atoms with van der Waals surface area (Å²) in [5, 5.41) is 18.6. The molecule has 0 aromatic carbocycles. The lowest BCUT2D eigenvalue weighted by Gasteiger charge is -2.19. The van der Waals surface area contributed by atoms with Gasteiger partial charge < -0.3 is 10.2 Å². The fraction of sp³-hybridized carbons (Fsp3) is 0.750. The van der Waals surface area contributed by atoms with Crippen molar-refractivity contribution in [3.8, 4) is 0 Å². The smallest absolute Gasteiger partial charge is 0.333 e. The summed E-state index contributed by atoms with van der Waals surface area (Å²) < 4.78 is 1.58. The molecule has 1 unspecified atom stereocenters. The van der Waals surface area contributed by atoms with E-state index in [0.29, 0.717) is 24.0 Å². The molecule has 7 heteroatoms. The van der Waals surface area contributed by atoms with Crippen LogP contribution in [0.1, 0.15) is 25.5 Å². The van der Waals surface area contributed by atoms with E-state index in [4.69, 9.17) is 0 Å². The van der Waals surface area contributed by atoms with Crippen LogP contribution < -0.4 is 5.32 Å². The molecule has 1 fully saturated rings. The quantitative estimate of drug-likeness (QED) is 0.644. The zero-order valence-electron chi connectivity index (χ0n) is 11.7. The van der Waals surface area contributed by atoms with Crippen molar-refractivity contribution in [2.24, 2.45) is 7.05 Å². The molecule has 0 spiro atoms. The number of likely N-dealkylation sites (N-methyl/N-ethyl adjacent to an activating group) is 1. The molecule has 0 amide bonds. The average molecular weight is 267 g/mol. The number of aryl methyl sites for hydroxylation is 2. The van der Waals surface area contributed by atoms with Gasteiger partial charge in [0.2, 0.25) is 5.82 Å². The van der Waals surface area contributed by atoms with E-state index < -0.39 is 0 Å². The number of hydrogen-bond acceptors (Lipinski definition) is 5. The largest absolute Gasteiger partial charge is 0.363 e. The Morgan fingerprint density at radius 1 is 1.53 bits per heavy atom. The highest BCUT2D eigenvalue weighted by molar-refractivity contribution is 5.59. The van der Waals surface area contributed by atoms with Gasteiger partial charge >= 0.3 is 5.69 Å². The van der Waals surface area contributed by atoms with Gasteiger partial charge in [0.1, 0.15) is 5.69 Å². The zero-order valence-corrected chi connectivity index (χ0v) is 11.7. The van der Waals surface area contributed by atoms with Gasteiger partial charge in [0, 0.05) is 19.6 Å². The van der Waals surface area contributed by atoms with Crippen LogP contribution in [-0.4, -0.2) is 45.8 Å². The Morgan fingerprint density at radius 3 is 2.79 bits per heavy atom. The van der Waals surface area contributed by atoms with E-state index >= 15 is 0 Å². The molecule has 1 aromatic rings. The molecule has 1 N–H and O–H groups in total. The second-order valence-corrected chi connectivity index (χ2v) is 5.04. The highest BCUT2D eigenvalue weighted by Crippen LogP contribution is 2.28. The maximum atomic E-state index is 11.2. The molecule has 2 heterocycles. The molecule has 0 radical (unpaired) electrons. The van der Waals surface area contributed by atoms with E-state index in [-0.39, 0.29) is 10.6 Å². The van der Waals surface area contributed by atoms with Crippen LogP contribution in [0, 0.1) is 10.1 Å². The van der Waals surface area contributed by atoms with Crippen molar-refractivity contribution in [3.05, 3.63) is 15.8 Å². The van der Waals surface area contributed by atoms with E-state index in [1.165, 1.54) is 6.42 Å². The molecule has 106 valence electrons. The Hall–Kier alpha value is -1.63. The van der Waals surface area contributed by atoms with Crippen molar-refractivity contribution in [2.75, 3.05) is 25.5 Å². The second kappa shape index (κ2) is 5.56. The van der Waals surface area contributed by atoms with Crippen molar-refractivity contribution in [1.29, 1.82) is 0 Å². The highest BCUT2D eigenvalue weighted by atomic mass is 16.6. The first kappa shape index (κ1) is 13.8. The van der Waals surface area contributed by atoms with E-state index in [9.17, 15) is 10.1 Å². The van der Waals surface area contributed by atoms with E-state index in [0.717, 1.165) is 19.5 Å². The highest BCUT2D eigenvalue weighted by Gasteiger charge is 2.27. The standard InChI is InChI=1S/C12H21N5O2/c1-4-10-11(17(18)19)12(16(3)14-10)13-8-9-6-5-7-15(9)2/h9,13H,4-8H2,1-3H3. The number of rotatable bonds is 5. The topological polar surface area (TPSA) is 76.2 Å². The van der Waals surface area contributed by atoms with Crippen LogP contribution in [0.5, 0.6) is 0 Å². The normalized spacial score (nSPS) is 19.8. The van der Waals surface area contributed by atoms with Crippen molar-refractivity contribution in [3.63, 3.8) is 0 Å². The van der Waals surface area contributed by atoms with Crippen LogP contribution in [0.3, 0.4) is 0 Å². The first-order chi connectivity index (χ1) is 9.04. The van der Waals surface area contributed by atoms with Crippen LogP contribution in [0.15, 0.2) is 0 Å². The van der Waals surface area contributed by atoms with Gasteiger partial charge in [0.15, 0.2) is 0 Å². The molecule has 0 aliphatic carbocycles. The van der Waals surface area contributed by atoms with E-state index in [1.807, 2.05) is 6.92 Å². The van der Waals surface area contributed by atoms with Crippen LogP contribution in [0.2, 0.25) is 0 Å². The molecule has 7 nitrogen and oxygen atoms in total. The molecule has 1 atom stereocenters. The third-order valence-electron chi connectivity index (χ3n) is 3.79. The summed E-state index contributed by atoms with van der Waals surface area (Å²) in [6.45, 7) is 3.70. The van der Waals surface area contributed by atoms with Gasteiger partial charge in [-0.3, -0.25) is 10.1 Å². The number of nitro groups is 1. The number of likely N-dealkylation sites (tertiary alicyclic amines) is 1. The van der Waals surface area contributed by atoms with Crippen LogP contribution >= 0.6 is 0 Å². The lowest BCUT2D eigenvalue weighted by molar-refractivity contribution is -0.384. The third-order valence-corrected chi connectivity index (χ3v) is 3.79. The Bertz CT molecular complexity index is 471. The van der Waals surface area contributed by atoms with Gasteiger partial charge in [0.05, 0.1) is 4.92 Å². The summed E-state index contributed by atoms with van der Waals surface area (Å²) in [6.07, 6.45) is 2.89. The van der Waals surface area contributed by atoms with Gasteiger partial charge in [-0.05, 0) is 32.9 Å². The average Bonchev–Trinajstić information content (AvgIpc) is 2.90. The van der Waals surface area contributed by atoms with Gasteiger partial charge in [-0.25, -0.2) is 4.68 Å². The van der Waals surface area contributed by atoms with Gasteiger partial charge in [-0.2, -0.15) is 5.10 Å². The maximum absolute atomic E-state index is 11.2. The first-order valence-corrected chi connectivity index (χ1v) is 6.69. The molecular formula is C12H21N5O2. The van der Waals surface area contributed by atoms with Crippen molar-refractivity contribution < 1.29 is 4.92 Å². The number of nitrogens with one attached hydrogen (secondary N) is 1. The molecule has 0 saturated carbocycles. The third kappa shape index (κ3) is 2.70. The zero-order chi connectivity index (χ0) is 14.0. The monoisotopic (exact) mass is 267 g/mol. The number of aromatic nitrogens is 2. The summed E-state index contributed by atoms with van der Waals surface area (Å²) in [6, 6.07) is 0.444. The number of anilines is 1. The van der Waals surface area contributed by atoms with Crippen molar-refractivity contribution in [1.82, 2.24) is 14.7 Å². The minimum atomic E-state index is -0.341. The van der Waals surface area contributed by atoms with Crippen LogP contribution in [0.25, 0.3) is 0 Å². The summed E-state index contributed by atoms with van der Waals surface area (Å²) in [5.74, 6) is 0.516. The fourth-order valence-corrected chi connectivity index (χ4v) is 2.65.